The molecular formula is C27H31O16+. The molecular weight excluding hydrogens is 580 g/mol. The van der Waals surface area contributed by atoms with Crippen molar-refractivity contribution in [2.24, 2.45) is 0 Å². The van der Waals surface area contributed by atoms with Gasteiger partial charge in [-0.1, -0.05) is 0 Å². The van der Waals surface area contributed by atoms with E-state index in [4.69, 9.17) is 23.4 Å². The van der Waals surface area contributed by atoms with Crippen LogP contribution in [0.5, 0.6) is 34.5 Å². The molecule has 3 aromatic rings. The van der Waals surface area contributed by atoms with E-state index in [1.807, 2.05) is 0 Å². The molecule has 0 unspecified atom stereocenters. The molecule has 0 saturated carbocycles. The average molecular weight is 612 g/mol. The number of aliphatic hydroxyl groups excluding tert-OH is 6. The first-order chi connectivity index (χ1) is 20.3. The molecule has 0 bridgehead atoms. The Labute approximate surface area is 242 Å². The SMILES string of the molecule is C[C@@H]1O[C@@H](OC[C@@H]2O[C@H](Oc3cc4c(O)cc(O)cc4[o+]c3-c3cc(O)c(O)c(O)c3)[C@@H](O)[C@H](O)[C@H]2O)[C@H](O)[C@H](O)[C@H]1O. The predicted octanol–water partition coefficient (Wildman–Crippen LogP) is -1.06. The highest BCUT2D eigenvalue weighted by Crippen LogP contribution is 2.45. The summed E-state index contributed by atoms with van der Waals surface area (Å²) in [6.45, 7) is 0.877. The molecule has 2 aliphatic rings. The summed E-state index contributed by atoms with van der Waals surface area (Å²) in [5.74, 6) is -3.64. The summed E-state index contributed by atoms with van der Waals surface area (Å²) in [7, 11) is 0. The third kappa shape index (κ3) is 5.79. The quantitative estimate of drug-likeness (QED) is 0.117. The molecule has 2 saturated heterocycles. The minimum absolute atomic E-state index is 0.00726. The van der Waals surface area contributed by atoms with E-state index in [0.29, 0.717) is 0 Å². The van der Waals surface area contributed by atoms with Gasteiger partial charge in [-0.15, -0.1) is 0 Å². The molecule has 11 N–H and O–H groups in total. The summed E-state index contributed by atoms with van der Waals surface area (Å²) >= 11 is 0. The van der Waals surface area contributed by atoms with Crippen molar-refractivity contribution in [3.63, 3.8) is 0 Å². The van der Waals surface area contributed by atoms with E-state index in [0.717, 1.165) is 24.3 Å². The fraction of sp³-hybridized carbons (Fsp3) is 0.444. The van der Waals surface area contributed by atoms with Crippen molar-refractivity contribution < 1.29 is 79.5 Å². The standard InChI is InChI=1S/C27H30O16/c1-8-18(32)21(35)23(37)26(40-8)39-7-17-20(34)22(36)24(38)27(43-17)42-16-6-11-12(29)4-10(28)5-15(11)41-25(16)9-2-13(30)19(33)14(31)3-9/h2-6,8,17-18,20-24,26-27,32,34-38H,7H2,1H3,(H4-,28,29,30,31,33)/p+1/t8-,17-,18-,20-,21+,22+,23+,24-,26+,27-/m0/s1. The van der Waals surface area contributed by atoms with Crippen LogP contribution in [-0.4, -0.2) is 124 Å². The first kappa shape index (κ1) is 30.7. The van der Waals surface area contributed by atoms with Crippen molar-refractivity contribution in [1.29, 1.82) is 0 Å². The van der Waals surface area contributed by atoms with Gasteiger partial charge in [0.2, 0.25) is 12.0 Å². The second kappa shape index (κ2) is 11.8. The summed E-state index contributed by atoms with van der Waals surface area (Å²) < 4.78 is 28.1. The molecule has 2 fully saturated rings. The largest absolute Gasteiger partial charge is 0.507 e. The lowest BCUT2D eigenvalue weighted by atomic mass is 9.98. The van der Waals surface area contributed by atoms with Crippen LogP contribution in [0.1, 0.15) is 6.92 Å². The van der Waals surface area contributed by atoms with Gasteiger partial charge < -0.3 is 75.1 Å². The Bertz CT molecular complexity index is 1460. The van der Waals surface area contributed by atoms with E-state index in [2.05, 4.69) is 0 Å². The lowest BCUT2D eigenvalue weighted by Crippen LogP contribution is -2.61. The zero-order chi connectivity index (χ0) is 31.3. The minimum atomic E-state index is -1.88. The monoisotopic (exact) mass is 611 g/mol. The molecule has 2 aliphatic heterocycles. The topological polar surface area (TPSA) is 271 Å². The molecule has 0 aliphatic carbocycles. The van der Waals surface area contributed by atoms with Crippen LogP contribution < -0.4 is 4.74 Å². The van der Waals surface area contributed by atoms with Gasteiger partial charge in [-0.05, 0) is 6.92 Å². The number of aliphatic hydroxyl groups is 6. The number of aromatic hydroxyl groups is 5. The van der Waals surface area contributed by atoms with Gasteiger partial charge in [0.15, 0.2) is 23.5 Å². The van der Waals surface area contributed by atoms with Crippen LogP contribution in [0.15, 0.2) is 34.7 Å². The predicted molar refractivity (Wildman–Crippen MR) is 140 cm³/mol. The molecule has 5 rings (SSSR count). The molecule has 234 valence electrons. The highest BCUT2D eigenvalue weighted by atomic mass is 16.7. The average Bonchev–Trinajstić information content (AvgIpc) is 2.96. The van der Waals surface area contributed by atoms with Gasteiger partial charge in [-0.3, -0.25) is 0 Å². The highest BCUT2D eigenvalue weighted by molar-refractivity contribution is 5.88. The number of phenols is 5. The number of hydrogen-bond donors (Lipinski definition) is 11. The smallest absolute Gasteiger partial charge is 0.402 e. The van der Waals surface area contributed by atoms with Crippen LogP contribution >= 0.6 is 0 Å². The summed E-state index contributed by atoms with van der Waals surface area (Å²) in [5, 5.41) is 112. The van der Waals surface area contributed by atoms with Gasteiger partial charge in [-0.25, -0.2) is 4.42 Å². The normalized spacial score (nSPS) is 33.0. The van der Waals surface area contributed by atoms with Crippen LogP contribution in [0.25, 0.3) is 22.3 Å². The van der Waals surface area contributed by atoms with Crippen LogP contribution in [0, 0.1) is 0 Å². The summed E-state index contributed by atoms with van der Waals surface area (Å²) in [5.41, 5.74) is -0.150. The minimum Gasteiger partial charge on any atom is -0.507 e. The molecule has 16 heteroatoms. The van der Waals surface area contributed by atoms with Gasteiger partial charge in [0.05, 0.1) is 24.3 Å². The van der Waals surface area contributed by atoms with Crippen molar-refractivity contribution in [2.45, 2.75) is 68.3 Å². The number of rotatable bonds is 6. The van der Waals surface area contributed by atoms with Gasteiger partial charge in [0.25, 0.3) is 0 Å². The Hall–Kier alpha value is -3.71. The summed E-state index contributed by atoms with van der Waals surface area (Å²) in [4.78, 5) is 0. The zero-order valence-corrected chi connectivity index (χ0v) is 22.3. The maximum absolute atomic E-state index is 10.7. The molecule has 0 spiro atoms. The number of phenolic OH excluding ortho intramolecular Hbond substituents is 5. The summed E-state index contributed by atoms with van der Waals surface area (Å²) in [6, 6.07) is 5.39. The Morgan fingerprint density at radius 3 is 2.00 bits per heavy atom. The fourth-order valence-electron chi connectivity index (χ4n) is 4.83. The number of benzene rings is 2. The van der Waals surface area contributed by atoms with E-state index in [9.17, 15) is 56.2 Å². The van der Waals surface area contributed by atoms with Gasteiger partial charge in [0, 0.05) is 24.3 Å². The molecule has 0 amide bonds. The highest BCUT2D eigenvalue weighted by Gasteiger charge is 2.48. The van der Waals surface area contributed by atoms with Crippen molar-refractivity contribution >= 4 is 11.0 Å². The van der Waals surface area contributed by atoms with Crippen LogP contribution in [0.2, 0.25) is 0 Å². The van der Waals surface area contributed by atoms with E-state index >= 15 is 0 Å². The third-order valence-corrected chi connectivity index (χ3v) is 7.29. The number of fused-ring (bicyclic) bond motifs is 1. The first-order valence-corrected chi connectivity index (χ1v) is 13.0. The van der Waals surface area contributed by atoms with Crippen LogP contribution in [0.3, 0.4) is 0 Å². The maximum atomic E-state index is 10.7. The summed E-state index contributed by atoms with van der Waals surface area (Å²) in [6.07, 6.45) is -15.6. The van der Waals surface area contributed by atoms with E-state index in [-0.39, 0.29) is 33.8 Å². The van der Waals surface area contributed by atoms with Crippen molar-refractivity contribution in [3.05, 3.63) is 30.3 Å². The second-order valence-corrected chi connectivity index (χ2v) is 10.3. The lowest BCUT2D eigenvalue weighted by Gasteiger charge is -2.42. The van der Waals surface area contributed by atoms with Gasteiger partial charge >= 0.3 is 11.3 Å². The first-order valence-electron chi connectivity index (χ1n) is 13.0. The van der Waals surface area contributed by atoms with Gasteiger partial charge in [-0.2, -0.15) is 0 Å². The molecule has 3 heterocycles. The molecule has 2 aromatic carbocycles. The molecule has 43 heavy (non-hydrogen) atoms. The molecule has 10 atom stereocenters. The second-order valence-electron chi connectivity index (χ2n) is 10.3. The fourth-order valence-corrected chi connectivity index (χ4v) is 4.83. The maximum Gasteiger partial charge on any atom is 0.402 e. The number of ether oxygens (including phenoxy) is 4. The molecule has 1 aromatic heterocycles. The Balaban J connectivity index is 1.46. The lowest BCUT2D eigenvalue weighted by molar-refractivity contribution is -0.318. The van der Waals surface area contributed by atoms with Crippen LogP contribution in [0.4, 0.5) is 0 Å². The van der Waals surface area contributed by atoms with Crippen molar-refractivity contribution in [1.82, 2.24) is 0 Å². The van der Waals surface area contributed by atoms with E-state index in [1.165, 1.54) is 13.0 Å². The Morgan fingerprint density at radius 1 is 0.698 bits per heavy atom. The van der Waals surface area contributed by atoms with Crippen molar-refractivity contribution in [2.75, 3.05) is 6.61 Å². The molecule has 16 nitrogen and oxygen atoms in total. The Morgan fingerprint density at radius 2 is 1.33 bits per heavy atom. The van der Waals surface area contributed by atoms with E-state index in [1.54, 1.807) is 0 Å². The third-order valence-electron chi connectivity index (χ3n) is 7.29. The Kier molecular flexibility index (Phi) is 8.41. The molecule has 0 radical (unpaired) electrons. The van der Waals surface area contributed by atoms with Crippen LogP contribution in [-0.2, 0) is 14.2 Å². The van der Waals surface area contributed by atoms with Crippen molar-refractivity contribution in [3.8, 4) is 45.8 Å². The van der Waals surface area contributed by atoms with E-state index < -0.39 is 91.0 Å². The number of hydrogen-bond acceptors (Lipinski definition) is 15. The van der Waals surface area contributed by atoms with Gasteiger partial charge in [0.1, 0.15) is 59.6 Å². The zero-order valence-electron chi connectivity index (χ0n) is 22.3.